The highest BCUT2D eigenvalue weighted by Gasteiger charge is 2.26. The number of nitrogens with zero attached hydrogens (tertiary/aromatic N) is 3. The molecular formula is C19H32N4O3S. The van der Waals surface area contributed by atoms with Crippen LogP contribution in [0.4, 0.5) is 5.69 Å². The molecule has 152 valence electrons. The summed E-state index contributed by atoms with van der Waals surface area (Å²) in [6.45, 7) is 3.57. The second-order valence-electron chi connectivity index (χ2n) is 7.09. The van der Waals surface area contributed by atoms with Crippen LogP contribution in [-0.2, 0) is 15.0 Å². The molecule has 27 heavy (non-hydrogen) atoms. The summed E-state index contributed by atoms with van der Waals surface area (Å²) in [5, 5.41) is 2.86. The third-order valence-corrected chi connectivity index (χ3v) is 6.56. The average molecular weight is 397 g/mol. The van der Waals surface area contributed by atoms with Gasteiger partial charge < -0.3 is 10.2 Å². The normalized spacial score (nSPS) is 16.1. The molecule has 1 aromatic rings. The lowest BCUT2D eigenvalue weighted by atomic mass is 10.2. The van der Waals surface area contributed by atoms with Gasteiger partial charge in [0, 0.05) is 20.6 Å². The Hall–Kier alpha value is -1.64. The number of carbonyl (C=O) groups is 1. The van der Waals surface area contributed by atoms with Crippen molar-refractivity contribution >= 4 is 21.8 Å². The lowest BCUT2D eigenvalue weighted by Crippen LogP contribution is -2.46. The molecular weight excluding hydrogens is 364 g/mol. The Bertz CT molecular complexity index is 671. The van der Waals surface area contributed by atoms with E-state index in [-0.39, 0.29) is 12.5 Å². The lowest BCUT2D eigenvalue weighted by molar-refractivity contribution is -0.119. The van der Waals surface area contributed by atoms with Gasteiger partial charge in [-0.1, -0.05) is 31.0 Å². The molecule has 1 N–H and O–H groups in total. The maximum atomic E-state index is 12.6. The van der Waals surface area contributed by atoms with Crippen LogP contribution in [0.25, 0.3) is 0 Å². The first-order chi connectivity index (χ1) is 12.9. The number of hydrogen-bond donors (Lipinski definition) is 1. The van der Waals surface area contributed by atoms with E-state index in [0.29, 0.717) is 12.2 Å². The van der Waals surface area contributed by atoms with Gasteiger partial charge >= 0.3 is 10.2 Å². The summed E-state index contributed by atoms with van der Waals surface area (Å²) in [4.78, 5) is 14.8. The third kappa shape index (κ3) is 6.79. The van der Waals surface area contributed by atoms with Crippen LogP contribution >= 0.6 is 0 Å². The molecule has 0 saturated carbocycles. The highest BCUT2D eigenvalue weighted by Crippen LogP contribution is 2.18. The summed E-state index contributed by atoms with van der Waals surface area (Å²) in [6.07, 6.45) is 5.99. The summed E-state index contributed by atoms with van der Waals surface area (Å²) in [5.41, 5.74) is 0.478. The molecule has 2 rings (SSSR count). The zero-order valence-corrected chi connectivity index (χ0v) is 17.2. The summed E-state index contributed by atoms with van der Waals surface area (Å²) in [7, 11) is -0.816. The van der Waals surface area contributed by atoms with Gasteiger partial charge in [0.2, 0.25) is 5.91 Å². The Labute approximate surface area is 163 Å². The fourth-order valence-corrected chi connectivity index (χ4v) is 4.24. The lowest BCUT2D eigenvalue weighted by Gasteiger charge is -2.27. The van der Waals surface area contributed by atoms with Gasteiger partial charge in [0.15, 0.2) is 0 Å². The quantitative estimate of drug-likeness (QED) is 0.645. The SMILES string of the molecule is CN(C)S(=O)(=O)N(CC(=O)NCCCN1CCCCCC1)c1ccccc1. The standard InChI is InChI=1S/C19H32N4O3S/c1-21(2)27(25,26)23(18-11-6-5-7-12-18)17-19(24)20-13-10-16-22-14-8-3-4-9-15-22/h5-7,11-12H,3-4,8-10,13-17H2,1-2H3,(H,20,24). The monoisotopic (exact) mass is 396 g/mol. The maximum Gasteiger partial charge on any atom is 0.304 e. The number of hydrogen-bond acceptors (Lipinski definition) is 4. The zero-order valence-electron chi connectivity index (χ0n) is 16.4. The third-order valence-electron chi connectivity index (χ3n) is 4.74. The predicted molar refractivity (Wildman–Crippen MR) is 109 cm³/mol. The van der Waals surface area contributed by atoms with Crippen molar-refractivity contribution < 1.29 is 13.2 Å². The van der Waals surface area contributed by atoms with Gasteiger partial charge in [0.05, 0.1) is 5.69 Å². The van der Waals surface area contributed by atoms with Crippen LogP contribution in [0, 0.1) is 0 Å². The van der Waals surface area contributed by atoms with Crippen molar-refractivity contribution in [2.45, 2.75) is 32.1 Å². The number of amides is 1. The number of benzene rings is 1. The molecule has 0 bridgehead atoms. The maximum absolute atomic E-state index is 12.6. The smallest absolute Gasteiger partial charge is 0.304 e. The van der Waals surface area contributed by atoms with Crippen molar-refractivity contribution in [3.63, 3.8) is 0 Å². The molecule has 0 aliphatic carbocycles. The van der Waals surface area contributed by atoms with E-state index in [2.05, 4.69) is 10.2 Å². The molecule has 1 aliphatic rings. The van der Waals surface area contributed by atoms with Crippen LogP contribution in [0.15, 0.2) is 30.3 Å². The number of carbonyl (C=O) groups excluding carboxylic acids is 1. The highest BCUT2D eigenvalue weighted by atomic mass is 32.2. The summed E-state index contributed by atoms with van der Waals surface area (Å²) in [6, 6.07) is 8.70. The second kappa shape index (κ2) is 10.6. The molecule has 7 nitrogen and oxygen atoms in total. The van der Waals surface area contributed by atoms with Crippen molar-refractivity contribution in [1.82, 2.24) is 14.5 Å². The highest BCUT2D eigenvalue weighted by molar-refractivity contribution is 7.90. The van der Waals surface area contributed by atoms with E-state index in [0.717, 1.165) is 34.7 Å². The Morgan fingerprint density at radius 1 is 1.07 bits per heavy atom. The zero-order chi connectivity index (χ0) is 19.7. The Kier molecular flexibility index (Phi) is 8.53. The number of rotatable bonds is 9. The van der Waals surface area contributed by atoms with Gasteiger partial charge in [-0.15, -0.1) is 0 Å². The number of nitrogens with one attached hydrogen (secondary N) is 1. The molecule has 1 heterocycles. The van der Waals surface area contributed by atoms with Crippen molar-refractivity contribution in [3.05, 3.63) is 30.3 Å². The van der Waals surface area contributed by atoms with E-state index in [1.807, 2.05) is 6.07 Å². The molecule has 0 spiro atoms. The largest absolute Gasteiger partial charge is 0.354 e. The van der Waals surface area contributed by atoms with Crippen molar-refractivity contribution in [2.24, 2.45) is 0 Å². The summed E-state index contributed by atoms with van der Waals surface area (Å²) < 4.78 is 27.5. The number of para-hydroxylation sites is 1. The van der Waals surface area contributed by atoms with Gasteiger partial charge in [-0.25, -0.2) is 4.31 Å². The Morgan fingerprint density at radius 2 is 1.70 bits per heavy atom. The Morgan fingerprint density at radius 3 is 2.30 bits per heavy atom. The molecule has 8 heteroatoms. The van der Waals surface area contributed by atoms with Crippen molar-refractivity contribution in [3.8, 4) is 0 Å². The molecule has 0 aromatic heterocycles. The minimum atomic E-state index is -3.74. The predicted octanol–water partition coefficient (Wildman–Crippen LogP) is 1.68. The van der Waals surface area contributed by atoms with E-state index < -0.39 is 10.2 Å². The minimum absolute atomic E-state index is 0.228. The van der Waals surface area contributed by atoms with Gasteiger partial charge in [0.1, 0.15) is 6.54 Å². The van der Waals surface area contributed by atoms with Crippen LogP contribution in [0.2, 0.25) is 0 Å². The van der Waals surface area contributed by atoms with Gasteiger partial charge in [0.25, 0.3) is 0 Å². The number of anilines is 1. The van der Waals surface area contributed by atoms with Crippen LogP contribution in [0.3, 0.4) is 0 Å². The van der Waals surface area contributed by atoms with E-state index >= 15 is 0 Å². The summed E-state index contributed by atoms with van der Waals surface area (Å²) in [5.74, 6) is -0.292. The average Bonchev–Trinajstić information content (AvgIpc) is 2.92. The van der Waals surface area contributed by atoms with Gasteiger partial charge in [-0.05, 0) is 51.0 Å². The second-order valence-corrected chi connectivity index (χ2v) is 9.16. The molecule has 1 fully saturated rings. The van der Waals surface area contributed by atoms with E-state index in [1.54, 1.807) is 24.3 Å². The van der Waals surface area contributed by atoms with Crippen molar-refractivity contribution in [1.29, 1.82) is 0 Å². The molecule has 1 saturated heterocycles. The first kappa shape index (κ1) is 21.7. The van der Waals surface area contributed by atoms with E-state index in [4.69, 9.17) is 0 Å². The fourth-order valence-electron chi connectivity index (χ4n) is 3.17. The minimum Gasteiger partial charge on any atom is -0.354 e. The van der Waals surface area contributed by atoms with Gasteiger partial charge in [-0.3, -0.25) is 4.79 Å². The van der Waals surface area contributed by atoms with E-state index in [1.165, 1.54) is 39.8 Å². The van der Waals surface area contributed by atoms with Crippen LogP contribution in [0.1, 0.15) is 32.1 Å². The first-order valence-corrected chi connectivity index (χ1v) is 11.1. The van der Waals surface area contributed by atoms with E-state index in [9.17, 15) is 13.2 Å². The van der Waals surface area contributed by atoms with Crippen LogP contribution in [0.5, 0.6) is 0 Å². The first-order valence-electron chi connectivity index (χ1n) is 9.65. The van der Waals surface area contributed by atoms with Gasteiger partial charge in [-0.2, -0.15) is 12.7 Å². The molecule has 1 aliphatic heterocycles. The molecule has 0 radical (unpaired) electrons. The molecule has 1 aromatic carbocycles. The van der Waals surface area contributed by atoms with Crippen molar-refractivity contribution in [2.75, 3.05) is 51.1 Å². The topological polar surface area (TPSA) is 73.0 Å². The van der Waals surface area contributed by atoms with Crippen LogP contribution < -0.4 is 9.62 Å². The fraction of sp³-hybridized carbons (Fsp3) is 0.632. The summed E-state index contributed by atoms with van der Waals surface area (Å²) >= 11 is 0. The number of likely N-dealkylation sites (tertiary alicyclic amines) is 1. The van der Waals surface area contributed by atoms with Crippen LogP contribution in [-0.4, -0.2) is 70.3 Å². The molecule has 0 unspecified atom stereocenters. The molecule has 1 amide bonds. The molecule has 0 atom stereocenters. The Balaban J connectivity index is 1.86.